The summed E-state index contributed by atoms with van der Waals surface area (Å²) in [7, 11) is 0. The highest BCUT2D eigenvalue weighted by atomic mass is 14.6. The Bertz CT molecular complexity index is 598. The second-order valence-corrected chi connectivity index (χ2v) is 6.35. The van der Waals surface area contributed by atoms with Crippen LogP contribution in [-0.2, 0) is 11.8 Å². The van der Waals surface area contributed by atoms with Crippen LogP contribution in [0.2, 0.25) is 0 Å². The van der Waals surface area contributed by atoms with E-state index in [4.69, 9.17) is 11.5 Å². The van der Waals surface area contributed by atoms with E-state index in [1.165, 1.54) is 43.2 Å². The standard InChI is InChI=1S/C19H24N2/c20-16-9-10-17(18(21)13-16)19(11-5-2-6-12-19)14-15-7-3-1-4-8-15/h1,3-4,7-10,13H,2,5-6,11-12,14,20-21H2. The Hall–Kier alpha value is -1.96. The van der Waals surface area contributed by atoms with Crippen LogP contribution in [0.25, 0.3) is 0 Å². The molecule has 3 rings (SSSR count). The molecular formula is C19H24N2. The Labute approximate surface area is 127 Å². The first-order valence-corrected chi connectivity index (χ1v) is 7.89. The first-order chi connectivity index (χ1) is 10.2. The third-order valence-electron chi connectivity index (χ3n) is 4.84. The van der Waals surface area contributed by atoms with Crippen LogP contribution < -0.4 is 11.5 Å². The molecule has 2 heteroatoms. The van der Waals surface area contributed by atoms with E-state index in [1.54, 1.807) is 0 Å². The summed E-state index contributed by atoms with van der Waals surface area (Å²) < 4.78 is 0. The molecule has 0 radical (unpaired) electrons. The summed E-state index contributed by atoms with van der Waals surface area (Å²) >= 11 is 0. The van der Waals surface area contributed by atoms with Gasteiger partial charge in [-0.25, -0.2) is 0 Å². The Morgan fingerprint density at radius 1 is 0.857 bits per heavy atom. The molecule has 0 unspecified atom stereocenters. The second-order valence-electron chi connectivity index (χ2n) is 6.35. The molecule has 0 amide bonds. The summed E-state index contributed by atoms with van der Waals surface area (Å²) in [6, 6.07) is 16.8. The van der Waals surface area contributed by atoms with Crippen molar-refractivity contribution in [3.8, 4) is 0 Å². The smallest absolute Gasteiger partial charge is 0.0373 e. The van der Waals surface area contributed by atoms with E-state index in [2.05, 4.69) is 36.4 Å². The summed E-state index contributed by atoms with van der Waals surface area (Å²) in [5.41, 5.74) is 16.7. The Kier molecular flexibility index (Phi) is 3.87. The fourth-order valence-electron chi connectivity index (χ4n) is 3.82. The van der Waals surface area contributed by atoms with E-state index < -0.39 is 0 Å². The van der Waals surface area contributed by atoms with Crippen LogP contribution >= 0.6 is 0 Å². The predicted octanol–water partition coefficient (Wildman–Crippen LogP) is 4.30. The van der Waals surface area contributed by atoms with E-state index in [-0.39, 0.29) is 5.41 Å². The molecule has 0 aliphatic heterocycles. The average molecular weight is 280 g/mol. The molecule has 1 aliphatic carbocycles. The molecule has 0 saturated heterocycles. The fourth-order valence-corrected chi connectivity index (χ4v) is 3.82. The van der Waals surface area contributed by atoms with Crippen LogP contribution in [0.5, 0.6) is 0 Å². The van der Waals surface area contributed by atoms with Gasteiger partial charge in [-0.2, -0.15) is 0 Å². The molecule has 0 heterocycles. The minimum absolute atomic E-state index is 0.178. The van der Waals surface area contributed by atoms with Crippen molar-refractivity contribution in [2.45, 2.75) is 43.9 Å². The zero-order chi connectivity index (χ0) is 14.7. The lowest BCUT2D eigenvalue weighted by Crippen LogP contribution is -2.32. The van der Waals surface area contributed by atoms with Crippen molar-refractivity contribution in [1.29, 1.82) is 0 Å². The number of hydrogen-bond donors (Lipinski definition) is 2. The molecule has 0 aromatic heterocycles. The topological polar surface area (TPSA) is 52.0 Å². The Morgan fingerprint density at radius 3 is 2.24 bits per heavy atom. The molecule has 1 saturated carbocycles. The van der Waals surface area contributed by atoms with Gasteiger partial charge >= 0.3 is 0 Å². The fraction of sp³-hybridized carbons (Fsp3) is 0.368. The van der Waals surface area contributed by atoms with Gasteiger partial charge in [0.15, 0.2) is 0 Å². The highest BCUT2D eigenvalue weighted by Crippen LogP contribution is 2.44. The number of benzene rings is 2. The van der Waals surface area contributed by atoms with Gasteiger partial charge in [-0.15, -0.1) is 0 Å². The number of anilines is 2. The van der Waals surface area contributed by atoms with Crippen molar-refractivity contribution in [2.75, 3.05) is 11.5 Å². The van der Waals surface area contributed by atoms with Gasteiger partial charge in [-0.3, -0.25) is 0 Å². The molecule has 2 aromatic rings. The summed E-state index contributed by atoms with van der Waals surface area (Å²) in [4.78, 5) is 0. The first-order valence-electron chi connectivity index (χ1n) is 7.89. The normalized spacial score (nSPS) is 17.5. The molecule has 110 valence electrons. The van der Waals surface area contributed by atoms with Gasteiger partial charge in [0.25, 0.3) is 0 Å². The Balaban J connectivity index is 2.00. The van der Waals surface area contributed by atoms with E-state index in [1.807, 2.05) is 12.1 Å². The summed E-state index contributed by atoms with van der Waals surface area (Å²) in [5.74, 6) is 0. The highest BCUT2D eigenvalue weighted by Gasteiger charge is 2.35. The SMILES string of the molecule is Nc1ccc(C2(Cc3ccccc3)CCCCC2)c(N)c1. The van der Waals surface area contributed by atoms with Crippen molar-refractivity contribution in [3.63, 3.8) is 0 Å². The molecule has 0 spiro atoms. The van der Waals surface area contributed by atoms with Crippen LogP contribution in [-0.4, -0.2) is 0 Å². The zero-order valence-corrected chi connectivity index (χ0v) is 12.5. The number of hydrogen-bond acceptors (Lipinski definition) is 2. The number of nitrogens with two attached hydrogens (primary N) is 2. The van der Waals surface area contributed by atoms with Crippen molar-refractivity contribution in [3.05, 3.63) is 59.7 Å². The molecule has 1 aliphatic rings. The van der Waals surface area contributed by atoms with Gasteiger partial charge in [-0.05, 0) is 42.5 Å². The lowest BCUT2D eigenvalue weighted by Gasteiger charge is -2.39. The maximum absolute atomic E-state index is 6.31. The molecule has 2 nitrogen and oxygen atoms in total. The lowest BCUT2D eigenvalue weighted by atomic mass is 9.65. The number of nitrogen functional groups attached to an aromatic ring is 2. The number of rotatable bonds is 3. The van der Waals surface area contributed by atoms with E-state index in [0.717, 1.165) is 17.8 Å². The second kappa shape index (κ2) is 5.80. The lowest BCUT2D eigenvalue weighted by molar-refractivity contribution is 0.291. The van der Waals surface area contributed by atoms with Gasteiger partial charge in [0, 0.05) is 16.8 Å². The molecule has 21 heavy (non-hydrogen) atoms. The minimum atomic E-state index is 0.178. The van der Waals surface area contributed by atoms with Gasteiger partial charge in [0.05, 0.1) is 0 Å². The Morgan fingerprint density at radius 2 is 1.57 bits per heavy atom. The highest BCUT2D eigenvalue weighted by molar-refractivity contribution is 5.59. The van der Waals surface area contributed by atoms with Crippen molar-refractivity contribution >= 4 is 11.4 Å². The van der Waals surface area contributed by atoms with Gasteiger partial charge in [-0.1, -0.05) is 55.7 Å². The summed E-state index contributed by atoms with van der Waals surface area (Å²) in [6.07, 6.45) is 7.42. The summed E-state index contributed by atoms with van der Waals surface area (Å²) in [5, 5.41) is 0. The average Bonchev–Trinajstić information content (AvgIpc) is 2.49. The van der Waals surface area contributed by atoms with Crippen molar-refractivity contribution in [2.24, 2.45) is 0 Å². The maximum atomic E-state index is 6.31. The zero-order valence-electron chi connectivity index (χ0n) is 12.5. The molecule has 0 bridgehead atoms. The van der Waals surface area contributed by atoms with Gasteiger partial charge < -0.3 is 11.5 Å². The van der Waals surface area contributed by atoms with E-state index >= 15 is 0 Å². The summed E-state index contributed by atoms with van der Waals surface area (Å²) in [6.45, 7) is 0. The molecule has 0 atom stereocenters. The monoisotopic (exact) mass is 280 g/mol. The maximum Gasteiger partial charge on any atom is 0.0373 e. The largest absolute Gasteiger partial charge is 0.399 e. The first kappa shape index (κ1) is 14.0. The third-order valence-corrected chi connectivity index (χ3v) is 4.84. The van der Waals surface area contributed by atoms with Crippen LogP contribution in [0.15, 0.2) is 48.5 Å². The quantitative estimate of drug-likeness (QED) is 0.824. The van der Waals surface area contributed by atoms with Gasteiger partial charge in [0.2, 0.25) is 0 Å². The molecule has 2 aromatic carbocycles. The third kappa shape index (κ3) is 2.90. The molecule has 4 N–H and O–H groups in total. The van der Waals surface area contributed by atoms with E-state index in [0.29, 0.717) is 0 Å². The van der Waals surface area contributed by atoms with Crippen LogP contribution in [0, 0.1) is 0 Å². The molecule has 1 fully saturated rings. The van der Waals surface area contributed by atoms with Crippen LogP contribution in [0.1, 0.15) is 43.2 Å². The van der Waals surface area contributed by atoms with E-state index in [9.17, 15) is 0 Å². The van der Waals surface area contributed by atoms with Crippen LogP contribution in [0.3, 0.4) is 0 Å². The predicted molar refractivity (Wildman–Crippen MR) is 90.2 cm³/mol. The molecular weight excluding hydrogens is 256 g/mol. The van der Waals surface area contributed by atoms with Crippen molar-refractivity contribution in [1.82, 2.24) is 0 Å². The van der Waals surface area contributed by atoms with Crippen molar-refractivity contribution < 1.29 is 0 Å². The van der Waals surface area contributed by atoms with Gasteiger partial charge in [0.1, 0.15) is 0 Å². The van der Waals surface area contributed by atoms with Crippen LogP contribution in [0.4, 0.5) is 11.4 Å². The minimum Gasteiger partial charge on any atom is -0.399 e.